The van der Waals surface area contributed by atoms with E-state index in [4.69, 9.17) is 9.47 Å². The number of nitrogens with zero attached hydrogens (tertiary/aromatic N) is 3. The number of pyridine rings is 2. The Bertz CT molecular complexity index is 1150. The van der Waals surface area contributed by atoms with E-state index >= 15 is 0 Å². The number of aromatic nitrogens is 2. The fourth-order valence-electron chi connectivity index (χ4n) is 4.49. The molecule has 9 heteroatoms. The summed E-state index contributed by atoms with van der Waals surface area (Å²) < 4.78 is 12.3. The van der Waals surface area contributed by atoms with Crippen LogP contribution in [0.4, 0.5) is 10.6 Å². The van der Waals surface area contributed by atoms with Crippen molar-refractivity contribution in [2.75, 3.05) is 11.9 Å². The zero-order valence-corrected chi connectivity index (χ0v) is 22.1. The Morgan fingerprint density at radius 1 is 1.26 bits per heavy atom. The number of halogens is 1. The normalized spacial score (nSPS) is 22.8. The molecule has 2 aliphatic rings. The SMILES string of the molecule is C=CCc1cccc(OC[C@@]23C[C@@H](C(=O)Nc4nc(Br)ccc4C)N(C(=O)OC(C)(C)C)[C@@H]2C3)n1. The van der Waals surface area contributed by atoms with Crippen molar-refractivity contribution < 1.29 is 19.1 Å². The molecule has 2 aromatic heterocycles. The summed E-state index contributed by atoms with van der Waals surface area (Å²) in [6, 6.07) is 8.49. The number of carbonyl (C=O) groups is 2. The molecule has 2 aromatic rings. The number of hydrogen-bond donors (Lipinski definition) is 1. The zero-order chi connectivity index (χ0) is 25.4. The van der Waals surface area contributed by atoms with Crippen LogP contribution in [0.5, 0.6) is 5.88 Å². The highest BCUT2D eigenvalue weighted by Gasteiger charge is 2.68. The van der Waals surface area contributed by atoms with E-state index < -0.39 is 17.7 Å². The van der Waals surface area contributed by atoms with E-state index in [2.05, 4.69) is 37.8 Å². The second-order valence-corrected chi connectivity index (χ2v) is 11.0. The maximum atomic E-state index is 13.4. The lowest BCUT2D eigenvalue weighted by Crippen LogP contribution is -2.47. The summed E-state index contributed by atoms with van der Waals surface area (Å²) in [6.45, 7) is 11.4. The van der Waals surface area contributed by atoms with Crippen LogP contribution in [0.25, 0.3) is 0 Å². The summed E-state index contributed by atoms with van der Waals surface area (Å²) in [4.78, 5) is 37.0. The Labute approximate surface area is 214 Å². The first-order chi connectivity index (χ1) is 16.5. The molecule has 1 aliphatic heterocycles. The lowest BCUT2D eigenvalue weighted by molar-refractivity contribution is -0.121. The second kappa shape index (κ2) is 9.60. The number of anilines is 1. The van der Waals surface area contributed by atoms with E-state index in [1.807, 2.05) is 58.0 Å². The number of hydrogen-bond acceptors (Lipinski definition) is 6. The van der Waals surface area contributed by atoms with Crippen molar-refractivity contribution in [1.29, 1.82) is 0 Å². The molecule has 186 valence electrons. The van der Waals surface area contributed by atoms with Gasteiger partial charge in [0.1, 0.15) is 22.1 Å². The number of ether oxygens (including phenoxy) is 2. The van der Waals surface area contributed by atoms with Crippen LogP contribution in [0.1, 0.15) is 44.9 Å². The van der Waals surface area contributed by atoms with Crippen molar-refractivity contribution in [3.63, 3.8) is 0 Å². The van der Waals surface area contributed by atoms with Gasteiger partial charge in [0.15, 0.2) is 0 Å². The average Bonchev–Trinajstić information content (AvgIpc) is 3.37. The molecule has 3 atom stereocenters. The first-order valence-electron chi connectivity index (χ1n) is 11.7. The van der Waals surface area contributed by atoms with Gasteiger partial charge in [0.25, 0.3) is 0 Å². The van der Waals surface area contributed by atoms with E-state index in [-0.39, 0.29) is 17.4 Å². The number of likely N-dealkylation sites (tertiary alicyclic amines) is 1. The first kappa shape index (κ1) is 25.2. The van der Waals surface area contributed by atoms with Crippen LogP contribution in [0.2, 0.25) is 0 Å². The Hall–Kier alpha value is -2.94. The molecule has 1 aliphatic carbocycles. The highest BCUT2D eigenvalue weighted by Crippen LogP contribution is 2.60. The first-order valence-corrected chi connectivity index (χ1v) is 12.5. The summed E-state index contributed by atoms with van der Waals surface area (Å²) in [7, 11) is 0. The van der Waals surface area contributed by atoms with Gasteiger partial charge in [0.05, 0.1) is 6.61 Å². The van der Waals surface area contributed by atoms with Gasteiger partial charge in [-0.3, -0.25) is 9.69 Å². The number of fused-ring (bicyclic) bond motifs is 1. The molecular formula is C26H31BrN4O4. The number of aryl methyl sites for hydroxylation is 1. The van der Waals surface area contributed by atoms with Crippen LogP contribution in [0, 0.1) is 12.3 Å². The molecule has 1 saturated heterocycles. The smallest absolute Gasteiger partial charge is 0.411 e. The number of allylic oxidation sites excluding steroid dienone is 1. The highest BCUT2D eigenvalue weighted by molar-refractivity contribution is 9.10. The van der Waals surface area contributed by atoms with Gasteiger partial charge in [-0.05, 0) is 74.2 Å². The summed E-state index contributed by atoms with van der Waals surface area (Å²) in [5.74, 6) is 0.694. The Morgan fingerprint density at radius 2 is 2.03 bits per heavy atom. The number of piperidine rings is 1. The summed E-state index contributed by atoms with van der Waals surface area (Å²) in [5, 5.41) is 2.90. The van der Waals surface area contributed by atoms with E-state index in [1.54, 1.807) is 11.0 Å². The monoisotopic (exact) mass is 542 g/mol. The number of amides is 2. The molecule has 0 unspecified atom stereocenters. The van der Waals surface area contributed by atoms with Crippen LogP contribution in [0.3, 0.4) is 0 Å². The van der Waals surface area contributed by atoms with Gasteiger partial charge < -0.3 is 14.8 Å². The Morgan fingerprint density at radius 3 is 2.74 bits per heavy atom. The molecule has 0 bridgehead atoms. The van der Waals surface area contributed by atoms with Crippen molar-refractivity contribution in [2.24, 2.45) is 5.41 Å². The predicted octanol–water partition coefficient (Wildman–Crippen LogP) is 5.06. The largest absolute Gasteiger partial charge is 0.477 e. The third-order valence-corrected chi connectivity index (χ3v) is 6.71. The minimum Gasteiger partial charge on any atom is -0.477 e. The number of rotatable bonds is 7. The second-order valence-electron chi connectivity index (χ2n) is 10.2. The zero-order valence-electron chi connectivity index (χ0n) is 20.5. The maximum absolute atomic E-state index is 13.4. The van der Waals surface area contributed by atoms with Gasteiger partial charge in [-0.1, -0.05) is 18.2 Å². The van der Waals surface area contributed by atoms with Crippen LogP contribution in [-0.2, 0) is 16.0 Å². The molecular weight excluding hydrogens is 512 g/mol. The molecule has 3 heterocycles. The minimum atomic E-state index is -0.688. The summed E-state index contributed by atoms with van der Waals surface area (Å²) in [6.07, 6.45) is 3.18. The van der Waals surface area contributed by atoms with Crippen molar-refractivity contribution >= 4 is 33.7 Å². The van der Waals surface area contributed by atoms with Crippen molar-refractivity contribution in [3.8, 4) is 5.88 Å². The standard InChI is InChI=1S/C26H31BrN4O4/c1-6-8-17-9-7-10-21(28-17)34-15-26-13-18(23(32)30-22-16(2)11-12-20(27)29-22)31(19(26)14-26)24(33)35-25(3,4)5/h6-7,9-12,18-19H,1,8,13-15H2,2-5H3,(H,29,30,32)/t18-,19+,26-/m0/s1. The predicted molar refractivity (Wildman–Crippen MR) is 136 cm³/mol. The fourth-order valence-corrected chi connectivity index (χ4v) is 4.80. The fraction of sp³-hybridized carbons (Fsp3) is 0.462. The van der Waals surface area contributed by atoms with Crippen molar-refractivity contribution in [2.45, 2.75) is 64.6 Å². The molecule has 0 aromatic carbocycles. The third kappa shape index (κ3) is 5.66. The molecule has 0 radical (unpaired) electrons. The van der Waals surface area contributed by atoms with Crippen LogP contribution >= 0.6 is 15.9 Å². The molecule has 1 N–H and O–H groups in total. The number of carbonyl (C=O) groups excluding carboxylic acids is 2. The molecule has 0 spiro atoms. The van der Waals surface area contributed by atoms with Crippen molar-refractivity contribution in [3.05, 3.63) is 58.8 Å². The summed E-state index contributed by atoms with van der Waals surface area (Å²) >= 11 is 3.35. The molecule has 35 heavy (non-hydrogen) atoms. The van der Waals surface area contributed by atoms with E-state index in [9.17, 15) is 9.59 Å². The van der Waals surface area contributed by atoms with Gasteiger partial charge in [-0.15, -0.1) is 6.58 Å². The Kier molecular flexibility index (Phi) is 6.90. The van der Waals surface area contributed by atoms with E-state index in [0.29, 0.717) is 35.7 Å². The van der Waals surface area contributed by atoms with Gasteiger partial charge in [0.2, 0.25) is 11.8 Å². The number of nitrogens with one attached hydrogen (secondary N) is 1. The highest BCUT2D eigenvalue weighted by atomic mass is 79.9. The topological polar surface area (TPSA) is 93.7 Å². The van der Waals surface area contributed by atoms with Gasteiger partial charge >= 0.3 is 6.09 Å². The van der Waals surface area contributed by atoms with Gasteiger partial charge in [-0.25, -0.2) is 14.8 Å². The molecule has 2 fully saturated rings. The van der Waals surface area contributed by atoms with Crippen LogP contribution < -0.4 is 10.1 Å². The molecule has 1 saturated carbocycles. The molecule has 4 rings (SSSR count). The lowest BCUT2D eigenvalue weighted by atomic mass is 10.00. The maximum Gasteiger partial charge on any atom is 0.411 e. The third-order valence-electron chi connectivity index (χ3n) is 6.27. The quantitative estimate of drug-likeness (QED) is 0.388. The Balaban J connectivity index is 1.52. The lowest BCUT2D eigenvalue weighted by Gasteiger charge is -2.29. The van der Waals surface area contributed by atoms with Gasteiger partial charge in [-0.2, -0.15) is 0 Å². The van der Waals surface area contributed by atoms with E-state index in [0.717, 1.165) is 17.7 Å². The summed E-state index contributed by atoms with van der Waals surface area (Å²) in [5.41, 5.74) is 0.705. The molecule has 2 amide bonds. The van der Waals surface area contributed by atoms with Crippen LogP contribution in [0.15, 0.2) is 47.6 Å². The average molecular weight is 543 g/mol. The molecule has 8 nitrogen and oxygen atoms in total. The minimum absolute atomic E-state index is 0.138. The van der Waals surface area contributed by atoms with E-state index in [1.165, 1.54) is 0 Å². The van der Waals surface area contributed by atoms with Gasteiger partial charge in [0, 0.05) is 29.6 Å². The van der Waals surface area contributed by atoms with Crippen molar-refractivity contribution in [1.82, 2.24) is 14.9 Å². The van der Waals surface area contributed by atoms with Crippen LogP contribution in [-0.4, -0.2) is 51.2 Å².